The largest absolute Gasteiger partial charge is 0.342 e. The molecule has 0 atom stereocenters. The molecule has 0 fully saturated rings. The van der Waals surface area contributed by atoms with Gasteiger partial charge in [-0.25, -0.2) is 18.1 Å². The van der Waals surface area contributed by atoms with Crippen molar-refractivity contribution in [1.29, 1.82) is 0 Å². The van der Waals surface area contributed by atoms with Crippen molar-refractivity contribution >= 4 is 32.7 Å². The minimum absolute atomic E-state index is 0.168. The highest BCUT2D eigenvalue weighted by atomic mass is 35.5. The third kappa shape index (κ3) is 3.07. The van der Waals surface area contributed by atoms with Crippen molar-refractivity contribution in [2.45, 2.75) is 11.4 Å². The fourth-order valence-electron chi connectivity index (χ4n) is 1.98. The molecule has 0 bridgehead atoms. The third-order valence-corrected chi connectivity index (χ3v) is 4.69. The average molecular weight is 322 g/mol. The van der Waals surface area contributed by atoms with E-state index in [1.54, 1.807) is 18.3 Å². The Hall–Kier alpha value is -1.89. The number of benzene rings is 1. The predicted molar refractivity (Wildman–Crippen MR) is 81.6 cm³/mol. The summed E-state index contributed by atoms with van der Waals surface area (Å²) in [6.45, 7) is 0.168. The van der Waals surface area contributed by atoms with Crippen molar-refractivity contribution in [1.82, 2.24) is 14.7 Å². The molecule has 21 heavy (non-hydrogen) atoms. The van der Waals surface area contributed by atoms with Gasteiger partial charge in [0.05, 0.1) is 11.4 Å². The van der Waals surface area contributed by atoms with E-state index in [-0.39, 0.29) is 11.4 Å². The van der Waals surface area contributed by atoms with Gasteiger partial charge in [0.1, 0.15) is 5.65 Å². The second-order valence-corrected chi connectivity index (χ2v) is 6.72. The van der Waals surface area contributed by atoms with Crippen LogP contribution in [0.1, 0.15) is 5.69 Å². The lowest BCUT2D eigenvalue weighted by Crippen LogP contribution is -2.23. The first-order chi connectivity index (χ1) is 10.0. The summed E-state index contributed by atoms with van der Waals surface area (Å²) in [5.74, 6) is 0. The molecular weight excluding hydrogens is 310 g/mol. The molecule has 1 aromatic carbocycles. The minimum atomic E-state index is -3.56. The summed E-state index contributed by atoms with van der Waals surface area (Å²) >= 11 is 5.75. The van der Waals surface area contributed by atoms with Crippen molar-refractivity contribution in [3.8, 4) is 0 Å². The summed E-state index contributed by atoms with van der Waals surface area (Å²) < 4.78 is 26.8. The summed E-state index contributed by atoms with van der Waals surface area (Å²) in [4.78, 5) is 7.42. The van der Waals surface area contributed by atoms with Gasteiger partial charge >= 0.3 is 0 Å². The van der Waals surface area contributed by atoms with E-state index < -0.39 is 10.0 Å². The highest BCUT2D eigenvalue weighted by Gasteiger charge is 2.14. The van der Waals surface area contributed by atoms with Crippen molar-refractivity contribution in [3.05, 3.63) is 59.4 Å². The van der Waals surface area contributed by atoms with Gasteiger partial charge in [-0.3, -0.25) is 0 Å². The summed E-state index contributed by atoms with van der Waals surface area (Å²) in [6.07, 6.45) is 1.68. The fourth-order valence-corrected chi connectivity index (χ4v) is 3.11. The van der Waals surface area contributed by atoms with E-state index in [1.165, 1.54) is 12.1 Å². The summed E-state index contributed by atoms with van der Waals surface area (Å²) in [7, 11) is -3.56. The maximum atomic E-state index is 12.1. The van der Waals surface area contributed by atoms with Crippen molar-refractivity contribution in [3.63, 3.8) is 0 Å². The number of aromatic nitrogens is 2. The van der Waals surface area contributed by atoms with Crippen molar-refractivity contribution < 1.29 is 8.42 Å². The van der Waals surface area contributed by atoms with E-state index >= 15 is 0 Å². The van der Waals surface area contributed by atoms with Crippen LogP contribution in [0, 0.1) is 0 Å². The van der Waals surface area contributed by atoms with Crippen molar-refractivity contribution in [2.24, 2.45) is 0 Å². The Balaban J connectivity index is 1.78. The number of nitrogens with zero attached hydrogens (tertiary/aromatic N) is 1. The molecule has 2 aromatic heterocycles. The zero-order chi connectivity index (χ0) is 14.9. The number of hydrogen-bond donors (Lipinski definition) is 2. The molecule has 7 heteroatoms. The van der Waals surface area contributed by atoms with Crippen LogP contribution >= 0.6 is 11.6 Å². The molecule has 0 saturated carbocycles. The minimum Gasteiger partial charge on any atom is -0.342 e. The second kappa shape index (κ2) is 5.48. The van der Waals surface area contributed by atoms with Gasteiger partial charge < -0.3 is 4.98 Å². The van der Waals surface area contributed by atoms with Crippen LogP contribution in [0.25, 0.3) is 11.0 Å². The first kappa shape index (κ1) is 14.1. The smallest absolute Gasteiger partial charge is 0.240 e. The first-order valence-electron chi connectivity index (χ1n) is 6.22. The number of hydrogen-bond acceptors (Lipinski definition) is 3. The zero-order valence-corrected chi connectivity index (χ0v) is 12.4. The molecule has 0 aliphatic rings. The quantitative estimate of drug-likeness (QED) is 0.775. The number of pyridine rings is 1. The van der Waals surface area contributed by atoms with Gasteiger partial charge in [0, 0.05) is 22.3 Å². The molecule has 3 rings (SSSR count). The zero-order valence-electron chi connectivity index (χ0n) is 10.9. The lowest BCUT2D eigenvalue weighted by atomic mass is 10.3. The normalized spacial score (nSPS) is 11.9. The Morgan fingerprint density at radius 1 is 1.19 bits per heavy atom. The highest BCUT2D eigenvalue weighted by Crippen LogP contribution is 2.15. The Morgan fingerprint density at radius 3 is 2.67 bits per heavy atom. The van der Waals surface area contributed by atoms with Crippen LogP contribution in [-0.4, -0.2) is 18.4 Å². The monoisotopic (exact) mass is 321 g/mol. The number of aromatic amines is 1. The average Bonchev–Trinajstić information content (AvgIpc) is 2.89. The van der Waals surface area contributed by atoms with Crippen molar-refractivity contribution in [2.75, 3.05) is 0 Å². The van der Waals surface area contributed by atoms with Crippen LogP contribution in [0.15, 0.2) is 53.6 Å². The molecule has 0 unspecified atom stereocenters. The molecule has 3 aromatic rings. The van der Waals surface area contributed by atoms with Crippen LogP contribution in [0.2, 0.25) is 5.02 Å². The Morgan fingerprint density at radius 2 is 1.95 bits per heavy atom. The molecule has 5 nitrogen and oxygen atoms in total. The SMILES string of the molecule is O=S(=O)(NCc1cc2cccnc2[nH]1)c1ccc(Cl)cc1. The van der Waals surface area contributed by atoms with Gasteiger partial charge in [-0.05, 0) is 42.5 Å². The van der Waals surface area contributed by atoms with E-state index in [2.05, 4.69) is 14.7 Å². The summed E-state index contributed by atoms with van der Waals surface area (Å²) in [6, 6.07) is 11.6. The van der Waals surface area contributed by atoms with E-state index in [1.807, 2.05) is 18.2 Å². The van der Waals surface area contributed by atoms with Crippen LogP contribution in [0.5, 0.6) is 0 Å². The Kier molecular flexibility index (Phi) is 3.67. The second-order valence-electron chi connectivity index (χ2n) is 4.51. The maximum Gasteiger partial charge on any atom is 0.240 e. The van der Waals surface area contributed by atoms with E-state index in [4.69, 9.17) is 11.6 Å². The third-order valence-electron chi connectivity index (χ3n) is 3.02. The van der Waals surface area contributed by atoms with Gasteiger partial charge in [-0.1, -0.05) is 11.6 Å². The molecule has 0 radical (unpaired) electrons. The van der Waals surface area contributed by atoms with Gasteiger partial charge in [0.15, 0.2) is 0 Å². The first-order valence-corrected chi connectivity index (χ1v) is 8.08. The number of fused-ring (bicyclic) bond motifs is 1. The summed E-state index contributed by atoms with van der Waals surface area (Å²) in [5.41, 5.74) is 1.49. The van der Waals surface area contributed by atoms with Gasteiger partial charge in [-0.2, -0.15) is 0 Å². The molecule has 0 saturated heterocycles. The molecule has 2 N–H and O–H groups in total. The molecule has 0 spiro atoms. The molecule has 2 heterocycles. The number of rotatable bonds is 4. The van der Waals surface area contributed by atoms with Gasteiger partial charge in [-0.15, -0.1) is 0 Å². The predicted octanol–water partition coefficient (Wildman–Crippen LogP) is 2.69. The molecular formula is C14H12ClN3O2S. The van der Waals surface area contributed by atoms with E-state index in [0.29, 0.717) is 5.02 Å². The standard InChI is InChI=1S/C14H12ClN3O2S/c15-11-3-5-13(6-4-11)21(19,20)17-9-12-8-10-2-1-7-16-14(10)18-12/h1-8,17H,9H2,(H,16,18). The molecule has 0 aliphatic carbocycles. The molecule has 0 amide bonds. The van der Waals surface area contributed by atoms with Crippen LogP contribution in [-0.2, 0) is 16.6 Å². The fraction of sp³-hybridized carbons (Fsp3) is 0.0714. The number of sulfonamides is 1. The topological polar surface area (TPSA) is 74.8 Å². The number of H-pyrrole nitrogens is 1. The Labute approximate surface area is 127 Å². The van der Waals surface area contributed by atoms with E-state index in [9.17, 15) is 8.42 Å². The van der Waals surface area contributed by atoms with E-state index in [0.717, 1.165) is 16.7 Å². The lowest BCUT2D eigenvalue weighted by Gasteiger charge is -2.05. The van der Waals surface area contributed by atoms with Crippen LogP contribution in [0.3, 0.4) is 0 Å². The molecule has 108 valence electrons. The van der Waals surface area contributed by atoms with Crippen LogP contribution in [0.4, 0.5) is 0 Å². The van der Waals surface area contributed by atoms with Crippen LogP contribution < -0.4 is 4.72 Å². The van der Waals surface area contributed by atoms with Gasteiger partial charge in [0.25, 0.3) is 0 Å². The van der Waals surface area contributed by atoms with Gasteiger partial charge in [0.2, 0.25) is 10.0 Å². The Bertz CT molecular complexity index is 840. The molecule has 0 aliphatic heterocycles. The lowest BCUT2D eigenvalue weighted by molar-refractivity contribution is 0.580. The summed E-state index contributed by atoms with van der Waals surface area (Å²) in [5, 5.41) is 1.44. The number of halogens is 1. The maximum absolute atomic E-state index is 12.1. The highest BCUT2D eigenvalue weighted by molar-refractivity contribution is 7.89. The number of nitrogens with one attached hydrogen (secondary N) is 2.